The molecule has 9 heteroatoms. The average Bonchev–Trinajstić information content (AvgIpc) is 2.74. The number of carbonyl (C=O) groups excluding carboxylic acids is 2. The first-order valence-corrected chi connectivity index (χ1v) is 10.4. The van der Waals surface area contributed by atoms with Gasteiger partial charge in [0.15, 0.2) is 0 Å². The van der Waals surface area contributed by atoms with Crippen molar-refractivity contribution in [3.63, 3.8) is 0 Å². The van der Waals surface area contributed by atoms with E-state index in [-0.39, 0.29) is 24.0 Å². The molecule has 0 radical (unpaired) electrons. The second-order valence-electron chi connectivity index (χ2n) is 7.52. The van der Waals surface area contributed by atoms with Crippen molar-refractivity contribution in [2.24, 2.45) is 5.92 Å². The first-order valence-electron chi connectivity index (χ1n) is 10.4. The molecule has 1 aromatic rings. The zero-order valence-corrected chi connectivity index (χ0v) is 17.1. The number of amides is 1. The third-order valence-corrected chi connectivity index (χ3v) is 5.61. The highest BCUT2D eigenvalue weighted by Crippen LogP contribution is 2.28. The maximum Gasteiger partial charge on any atom is 0.409 e. The molecule has 2 fully saturated rings. The summed E-state index contributed by atoms with van der Waals surface area (Å²) >= 11 is 0. The molecule has 0 aliphatic carbocycles. The van der Waals surface area contributed by atoms with Crippen molar-refractivity contribution in [1.82, 2.24) is 4.90 Å². The van der Waals surface area contributed by atoms with E-state index in [1.165, 1.54) is 0 Å². The summed E-state index contributed by atoms with van der Waals surface area (Å²) in [5.74, 6) is -0.537. The van der Waals surface area contributed by atoms with Crippen LogP contribution < -0.4 is 21.1 Å². The lowest BCUT2D eigenvalue weighted by atomic mass is 9.96. The number of nitrogens with one attached hydrogen (secondary N) is 1. The second kappa shape index (κ2) is 9.28. The van der Waals surface area contributed by atoms with E-state index in [4.69, 9.17) is 9.47 Å². The van der Waals surface area contributed by atoms with Crippen LogP contribution in [0.3, 0.4) is 0 Å². The number of likely N-dealkylation sites (tertiary alicyclic amines) is 1. The fraction of sp³-hybridized carbons (Fsp3) is 0.700. The van der Waals surface area contributed by atoms with E-state index in [9.17, 15) is 19.2 Å². The van der Waals surface area contributed by atoms with Crippen LogP contribution in [0.15, 0.2) is 9.59 Å². The molecule has 1 N–H and O–H groups in total. The van der Waals surface area contributed by atoms with Crippen molar-refractivity contribution in [2.45, 2.75) is 45.6 Å². The molecule has 2 heterocycles. The van der Waals surface area contributed by atoms with Gasteiger partial charge in [-0.15, -0.1) is 0 Å². The maximum absolute atomic E-state index is 12.3. The first-order chi connectivity index (χ1) is 14.0. The van der Waals surface area contributed by atoms with Crippen molar-refractivity contribution in [1.29, 1.82) is 0 Å². The fourth-order valence-corrected chi connectivity index (χ4v) is 4.07. The lowest BCUT2D eigenvalue weighted by molar-refractivity contribution is -0.148. The number of piperidine rings is 2. The van der Waals surface area contributed by atoms with E-state index in [0.29, 0.717) is 63.6 Å². The van der Waals surface area contributed by atoms with E-state index in [0.717, 1.165) is 12.8 Å². The van der Waals surface area contributed by atoms with Gasteiger partial charge in [0.2, 0.25) is 0 Å². The van der Waals surface area contributed by atoms with E-state index >= 15 is 0 Å². The minimum absolute atomic E-state index is 0.00775. The predicted molar refractivity (Wildman–Crippen MR) is 108 cm³/mol. The van der Waals surface area contributed by atoms with Gasteiger partial charge in [-0.3, -0.25) is 14.4 Å². The molecule has 0 bridgehead atoms. The van der Waals surface area contributed by atoms with Crippen LogP contribution in [0.1, 0.15) is 39.5 Å². The Bertz CT molecular complexity index is 808. The Hall–Kier alpha value is -2.58. The van der Waals surface area contributed by atoms with Crippen LogP contribution in [0.4, 0.5) is 16.2 Å². The third-order valence-electron chi connectivity index (χ3n) is 5.61. The van der Waals surface area contributed by atoms with Gasteiger partial charge in [-0.1, -0.05) is 0 Å². The normalized spacial score (nSPS) is 20.6. The Labute approximate surface area is 169 Å². The van der Waals surface area contributed by atoms with E-state index in [1.807, 2.05) is 4.90 Å². The molecular formula is C20H29N3O6. The van der Waals surface area contributed by atoms with Crippen LogP contribution in [-0.2, 0) is 14.3 Å². The van der Waals surface area contributed by atoms with E-state index in [1.54, 1.807) is 18.7 Å². The summed E-state index contributed by atoms with van der Waals surface area (Å²) in [4.78, 5) is 51.8. The van der Waals surface area contributed by atoms with E-state index in [2.05, 4.69) is 5.32 Å². The number of rotatable bonds is 6. The molecule has 0 aromatic heterocycles. The second-order valence-corrected chi connectivity index (χ2v) is 7.52. The molecule has 3 rings (SSSR count). The molecule has 0 saturated carbocycles. The van der Waals surface area contributed by atoms with Gasteiger partial charge in [0.05, 0.1) is 19.1 Å². The zero-order chi connectivity index (χ0) is 21.0. The van der Waals surface area contributed by atoms with Crippen LogP contribution in [0, 0.1) is 5.92 Å². The van der Waals surface area contributed by atoms with Crippen molar-refractivity contribution in [3.05, 3.63) is 20.4 Å². The van der Waals surface area contributed by atoms with Gasteiger partial charge >= 0.3 is 12.1 Å². The van der Waals surface area contributed by atoms with Gasteiger partial charge in [0, 0.05) is 32.2 Å². The summed E-state index contributed by atoms with van der Waals surface area (Å²) in [7, 11) is 0. The maximum atomic E-state index is 12.3. The van der Waals surface area contributed by atoms with Crippen molar-refractivity contribution < 1.29 is 19.1 Å². The van der Waals surface area contributed by atoms with Gasteiger partial charge in [-0.2, -0.15) is 0 Å². The number of nitrogens with zero attached hydrogens (tertiary/aromatic N) is 2. The molecule has 1 atom stereocenters. The number of hydrogen-bond acceptors (Lipinski definition) is 8. The van der Waals surface area contributed by atoms with E-state index < -0.39 is 10.9 Å². The van der Waals surface area contributed by atoms with Crippen LogP contribution in [-0.4, -0.2) is 62.4 Å². The molecule has 2 aliphatic rings. The Kier molecular flexibility index (Phi) is 6.76. The topological polar surface area (TPSA) is 105 Å². The molecule has 160 valence electrons. The highest BCUT2D eigenvalue weighted by Gasteiger charge is 2.34. The number of hydrogen-bond donors (Lipinski definition) is 1. The molecule has 29 heavy (non-hydrogen) atoms. The van der Waals surface area contributed by atoms with Gasteiger partial charge in [-0.25, -0.2) is 4.79 Å². The molecule has 2 saturated heterocycles. The van der Waals surface area contributed by atoms with Crippen LogP contribution in [0.2, 0.25) is 0 Å². The van der Waals surface area contributed by atoms with Crippen LogP contribution >= 0.6 is 0 Å². The number of anilines is 2. The summed E-state index contributed by atoms with van der Waals surface area (Å²) in [5.41, 5.74) is -0.280. The lowest BCUT2D eigenvalue weighted by Gasteiger charge is -2.36. The zero-order valence-electron chi connectivity index (χ0n) is 17.1. The molecule has 0 spiro atoms. The molecule has 1 amide bonds. The number of esters is 1. The Morgan fingerprint density at radius 1 is 1.00 bits per heavy atom. The fourth-order valence-electron chi connectivity index (χ4n) is 4.07. The van der Waals surface area contributed by atoms with Crippen LogP contribution in [0.25, 0.3) is 0 Å². The minimum atomic E-state index is -0.508. The molecule has 2 aliphatic heterocycles. The molecule has 1 aromatic carbocycles. The van der Waals surface area contributed by atoms with Gasteiger partial charge in [-0.05, 0) is 39.5 Å². The number of carbonyl (C=O) groups is 2. The average molecular weight is 407 g/mol. The standard InChI is InChI=1S/C20H29N3O6/c1-3-28-19(26)13-6-5-9-23(12-13)16-15(17(24)18(16)25)21-14-7-10-22(11-8-14)20(27)29-4-2/h13-14,21H,3-12H2,1-2H3. The van der Waals surface area contributed by atoms with Gasteiger partial charge in [0.1, 0.15) is 11.4 Å². The third kappa shape index (κ3) is 4.54. The first kappa shape index (κ1) is 21.1. The van der Waals surface area contributed by atoms with Crippen molar-refractivity contribution in [2.75, 3.05) is 49.6 Å². The minimum Gasteiger partial charge on any atom is -0.466 e. The smallest absolute Gasteiger partial charge is 0.409 e. The van der Waals surface area contributed by atoms with Crippen LogP contribution in [0.5, 0.6) is 0 Å². The summed E-state index contributed by atoms with van der Waals surface area (Å²) in [6.45, 7) is 6.30. The predicted octanol–water partition coefficient (Wildman–Crippen LogP) is 1.09. The van der Waals surface area contributed by atoms with Crippen molar-refractivity contribution >= 4 is 23.4 Å². The van der Waals surface area contributed by atoms with Gasteiger partial charge in [0.25, 0.3) is 10.9 Å². The Balaban J connectivity index is 1.62. The Morgan fingerprint density at radius 3 is 2.34 bits per heavy atom. The Morgan fingerprint density at radius 2 is 1.69 bits per heavy atom. The molecular weight excluding hydrogens is 378 g/mol. The highest BCUT2D eigenvalue weighted by molar-refractivity contribution is 5.78. The summed E-state index contributed by atoms with van der Waals surface area (Å²) in [6.07, 6.45) is 2.50. The van der Waals surface area contributed by atoms with Gasteiger partial charge < -0.3 is 24.6 Å². The molecule has 9 nitrogen and oxygen atoms in total. The highest BCUT2D eigenvalue weighted by atomic mass is 16.6. The summed E-state index contributed by atoms with van der Waals surface area (Å²) in [6, 6.07) is 0.00775. The summed E-state index contributed by atoms with van der Waals surface area (Å²) < 4.78 is 10.1. The van der Waals surface area contributed by atoms with Crippen molar-refractivity contribution in [3.8, 4) is 0 Å². The number of ether oxygens (including phenoxy) is 2. The summed E-state index contributed by atoms with van der Waals surface area (Å²) in [5, 5.41) is 3.22. The molecule has 1 unspecified atom stereocenters. The monoisotopic (exact) mass is 407 g/mol. The lowest BCUT2D eigenvalue weighted by Crippen LogP contribution is -2.49. The quantitative estimate of drug-likeness (QED) is 0.552. The largest absolute Gasteiger partial charge is 0.466 e. The SMILES string of the molecule is CCOC(=O)C1CCCN(c2c(NC3CCN(C(=O)OCC)CC3)c(=O)c2=O)C1.